The second-order valence-electron chi connectivity index (χ2n) is 3.69. The molecule has 0 aromatic heterocycles. The summed E-state index contributed by atoms with van der Waals surface area (Å²) in [5.74, 6) is -2.04. The molecule has 5 heteroatoms. The third-order valence-electron chi connectivity index (χ3n) is 2.67. The van der Waals surface area contributed by atoms with Crippen LogP contribution in [-0.4, -0.2) is 31.6 Å². The molecule has 0 unspecified atom stereocenters. The molecule has 1 aliphatic rings. The molecule has 1 rings (SSSR count). The van der Waals surface area contributed by atoms with E-state index in [1.54, 1.807) is 6.92 Å². The predicted octanol–water partition coefficient (Wildman–Crippen LogP) is 0.794. The molecule has 92 valence electrons. The molecule has 0 fully saturated rings. The van der Waals surface area contributed by atoms with Gasteiger partial charge in [-0.05, 0) is 13.0 Å². The molecule has 0 bridgehead atoms. The van der Waals surface area contributed by atoms with Crippen LogP contribution in [0.3, 0.4) is 0 Å². The Hall–Kier alpha value is -1.91. The molecule has 0 aliphatic heterocycles. The topological polar surface area (TPSA) is 69.7 Å². The molecule has 0 spiro atoms. The Labute approximate surface area is 99.1 Å². The minimum Gasteiger partial charge on any atom is -0.490 e. The summed E-state index contributed by atoms with van der Waals surface area (Å²) >= 11 is 0. The highest BCUT2D eigenvalue weighted by molar-refractivity contribution is 6.22. The van der Waals surface area contributed by atoms with Crippen molar-refractivity contribution in [3.63, 3.8) is 0 Å². The van der Waals surface area contributed by atoms with Gasteiger partial charge in [0.05, 0.1) is 14.2 Å². The summed E-state index contributed by atoms with van der Waals surface area (Å²) in [4.78, 5) is 34.9. The molecule has 0 saturated heterocycles. The zero-order valence-corrected chi connectivity index (χ0v) is 10.2. The first kappa shape index (κ1) is 13.2. The molecule has 0 heterocycles. The Bertz CT molecular complexity index is 442. The zero-order valence-electron chi connectivity index (χ0n) is 10.2. The first-order valence-corrected chi connectivity index (χ1v) is 5.07. The fourth-order valence-corrected chi connectivity index (χ4v) is 1.54. The summed E-state index contributed by atoms with van der Waals surface area (Å²) in [5, 5.41) is 0. The summed E-state index contributed by atoms with van der Waals surface area (Å²) < 4.78 is 9.69. The number of hydrogen-bond donors (Lipinski definition) is 0. The van der Waals surface area contributed by atoms with E-state index >= 15 is 0 Å². The van der Waals surface area contributed by atoms with E-state index in [9.17, 15) is 14.4 Å². The SMILES string of the molecule is COC1=C(OC)C(=O)C([C@H](C)C(C)=O)=CC1=O. The number of allylic oxidation sites excluding steroid dienone is 2. The van der Waals surface area contributed by atoms with E-state index in [-0.39, 0.29) is 22.9 Å². The van der Waals surface area contributed by atoms with Gasteiger partial charge in [-0.25, -0.2) is 0 Å². The minimum absolute atomic E-state index is 0.128. The molecular weight excluding hydrogens is 224 g/mol. The second-order valence-corrected chi connectivity index (χ2v) is 3.69. The zero-order chi connectivity index (χ0) is 13.2. The molecule has 5 nitrogen and oxygen atoms in total. The van der Waals surface area contributed by atoms with Crippen LogP contribution in [0, 0.1) is 5.92 Å². The molecule has 0 saturated carbocycles. The Balaban J connectivity index is 3.22. The summed E-state index contributed by atoms with van der Waals surface area (Å²) in [5.41, 5.74) is 0.139. The Morgan fingerprint density at radius 2 is 1.71 bits per heavy atom. The van der Waals surface area contributed by atoms with Crippen LogP contribution in [0.1, 0.15) is 13.8 Å². The lowest BCUT2D eigenvalue weighted by atomic mass is 9.88. The highest BCUT2D eigenvalue weighted by atomic mass is 16.5. The first-order chi connectivity index (χ1) is 7.93. The number of ether oxygens (including phenoxy) is 2. The van der Waals surface area contributed by atoms with E-state index in [1.807, 2.05) is 0 Å². The van der Waals surface area contributed by atoms with Crippen molar-refractivity contribution in [1.82, 2.24) is 0 Å². The smallest absolute Gasteiger partial charge is 0.228 e. The fourth-order valence-electron chi connectivity index (χ4n) is 1.54. The molecule has 0 aromatic carbocycles. The van der Waals surface area contributed by atoms with Crippen LogP contribution in [0.2, 0.25) is 0 Å². The molecular formula is C12H14O5. The summed E-state index contributed by atoms with van der Waals surface area (Å²) in [6, 6.07) is 0. The second kappa shape index (κ2) is 4.95. The van der Waals surface area contributed by atoms with Crippen LogP contribution in [0.15, 0.2) is 23.2 Å². The van der Waals surface area contributed by atoms with Gasteiger partial charge >= 0.3 is 0 Å². The molecule has 0 amide bonds. The number of methoxy groups -OCH3 is 2. The minimum atomic E-state index is -0.630. The Kier molecular flexibility index (Phi) is 3.83. The van der Waals surface area contributed by atoms with Gasteiger partial charge in [0, 0.05) is 11.5 Å². The van der Waals surface area contributed by atoms with Crippen molar-refractivity contribution in [2.75, 3.05) is 14.2 Å². The Morgan fingerprint density at radius 1 is 1.18 bits per heavy atom. The van der Waals surface area contributed by atoms with Crippen molar-refractivity contribution in [3.05, 3.63) is 23.2 Å². The lowest BCUT2D eigenvalue weighted by Gasteiger charge is -2.19. The van der Waals surface area contributed by atoms with Crippen molar-refractivity contribution >= 4 is 17.3 Å². The normalized spacial score (nSPS) is 17.8. The van der Waals surface area contributed by atoms with Gasteiger partial charge < -0.3 is 9.47 Å². The monoisotopic (exact) mass is 238 g/mol. The molecule has 0 N–H and O–H groups in total. The van der Waals surface area contributed by atoms with Crippen LogP contribution < -0.4 is 0 Å². The van der Waals surface area contributed by atoms with E-state index in [0.29, 0.717) is 0 Å². The van der Waals surface area contributed by atoms with E-state index < -0.39 is 17.5 Å². The van der Waals surface area contributed by atoms with Gasteiger partial charge in [0.15, 0.2) is 0 Å². The van der Waals surface area contributed by atoms with Crippen molar-refractivity contribution in [1.29, 1.82) is 0 Å². The van der Waals surface area contributed by atoms with Crippen LogP contribution in [0.25, 0.3) is 0 Å². The van der Waals surface area contributed by atoms with E-state index in [4.69, 9.17) is 9.47 Å². The largest absolute Gasteiger partial charge is 0.490 e. The highest BCUT2D eigenvalue weighted by Crippen LogP contribution is 2.25. The number of Topliss-reactive ketones (excluding diaryl/α,β-unsaturated/α-hetero) is 2. The Morgan fingerprint density at radius 3 is 2.12 bits per heavy atom. The van der Waals surface area contributed by atoms with Crippen LogP contribution in [-0.2, 0) is 23.9 Å². The van der Waals surface area contributed by atoms with Crippen molar-refractivity contribution in [2.45, 2.75) is 13.8 Å². The van der Waals surface area contributed by atoms with Crippen molar-refractivity contribution < 1.29 is 23.9 Å². The van der Waals surface area contributed by atoms with Gasteiger partial charge in [0.25, 0.3) is 0 Å². The number of rotatable bonds is 4. The van der Waals surface area contributed by atoms with Gasteiger partial charge in [-0.2, -0.15) is 0 Å². The summed E-state index contributed by atoms with van der Waals surface area (Å²) in [6.45, 7) is 2.94. The summed E-state index contributed by atoms with van der Waals surface area (Å²) in [6.07, 6.45) is 1.13. The highest BCUT2D eigenvalue weighted by Gasteiger charge is 2.34. The average molecular weight is 238 g/mol. The average Bonchev–Trinajstić information content (AvgIpc) is 2.29. The summed E-state index contributed by atoms with van der Waals surface area (Å²) in [7, 11) is 2.56. The molecule has 17 heavy (non-hydrogen) atoms. The van der Waals surface area contributed by atoms with Crippen molar-refractivity contribution in [3.8, 4) is 0 Å². The molecule has 0 aromatic rings. The van der Waals surface area contributed by atoms with E-state index in [1.165, 1.54) is 21.1 Å². The third-order valence-corrected chi connectivity index (χ3v) is 2.67. The number of carbonyl (C=O) groups excluding carboxylic acids is 3. The van der Waals surface area contributed by atoms with Gasteiger partial charge in [-0.15, -0.1) is 0 Å². The van der Waals surface area contributed by atoms with Gasteiger partial charge in [0.1, 0.15) is 5.78 Å². The quantitative estimate of drug-likeness (QED) is 0.677. The van der Waals surface area contributed by atoms with Gasteiger partial charge in [0.2, 0.25) is 23.1 Å². The number of carbonyl (C=O) groups is 3. The van der Waals surface area contributed by atoms with Gasteiger partial charge in [-0.1, -0.05) is 6.92 Å². The van der Waals surface area contributed by atoms with Gasteiger partial charge in [-0.3, -0.25) is 14.4 Å². The predicted molar refractivity (Wildman–Crippen MR) is 59.0 cm³/mol. The fraction of sp³-hybridized carbons (Fsp3) is 0.417. The number of ketones is 3. The lowest BCUT2D eigenvalue weighted by molar-refractivity contribution is -0.123. The van der Waals surface area contributed by atoms with Crippen LogP contribution >= 0.6 is 0 Å². The van der Waals surface area contributed by atoms with E-state index in [0.717, 1.165) is 6.08 Å². The maximum absolute atomic E-state index is 12.0. The first-order valence-electron chi connectivity index (χ1n) is 5.07. The third kappa shape index (κ3) is 2.27. The lowest BCUT2D eigenvalue weighted by Crippen LogP contribution is -2.26. The standard InChI is InChI=1S/C12H14O5/c1-6(7(2)13)8-5-9(14)11(16-3)12(17-4)10(8)15/h5-6H,1-4H3/t6-/m1/s1. The molecule has 1 atom stereocenters. The van der Waals surface area contributed by atoms with E-state index in [2.05, 4.69) is 0 Å². The van der Waals surface area contributed by atoms with Crippen LogP contribution in [0.4, 0.5) is 0 Å². The number of hydrogen-bond acceptors (Lipinski definition) is 5. The molecule has 1 aliphatic carbocycles. The van der Waals surface area contributed by atoms with Crippen molar-refractivity contribution in [2.24, 2.45) is 5.92 Å². The van der Waals surface area contributed by atoms with Crippen LogP contribution in [0.5, 0.6) is 0 Å². The maximum atomic E-state index is 12.0. The maximum Gasteiger partial charge on any atom is 0.228 e. The molecule has 0 radical (unpaired) electrons.